The van der Waals surface area contributed by atoms with Gasteiger partial charge in [0, 0.05) is 16.9 Å². The average molecular weight is 464 g/mol. The molecule has 2 amide bonds. The van der Waals surface area contributed by atoms with Gasteiger partial charge in [-0.25, -0.2) is 4.98 Å². The van der Waals surface area contributed by atoms with Crippen LogP contribution in [-0.4, -0.2) is 29.7 Å². The minimum absolute atomic E-state index is 0.0766. The summed E-state index contributed by atoms with van der Waals surface area (Å²) in [6.07, 6.45) is 0. The van der Waals surface area contributed by atoms with Crippen LogP contribution in [0, 0.1) is 6.92 Å². The molecule has 8 heteroatoms. The van der Waals surface area contributed by atoms with Gasteiger partial charge in [0.1, 0.15) is 5.75 Å². The third-order valence-corrected chi connectivity index (χ3v) is 6.77. The number of nitrogens with one attached hydrogen (secondary N) is 2. The molecule has 0 radical (unpaired) electrons. The Morgan fingerprint density at radius 2 is 1.78 bits per heavy atom. The van der Waals surface area contributed by atoms with E-state index in [1.807, 2.05) is 49.4 Å². The first-order valence-corrected chi connectivity index (χ1v) is 11.7. The zero-order valence-electron chi connectivity index (χ0n) is 17.5. The molecule has 2 N–H and O–H groups in total. The van der Waals surface area contributed by atoms with E-state index in [-0.39, 0.29) is 17.6 Å². The standard InChI is InChI=1S/C24H21N3O3S2/c1-15-4-3-5-17(12-15)25-22(28)14-31-24-27-20-11-8-18(13-21(20)32-24)26-23(29)16-6-9-19(30-2)10-7-16/h3-13H,14H2,1-2H3,(H,25,28)(H,26,29). The van der Waals surface area contributed by atoms with Crippen molar-refractivity contribution in [2.24, 2.45) is 0 Å². The number of nitrogens with zero attached hydrogens (tertiary/aromatic N) is 1. The van der Waals surface area contributed by atoms with Gasteiger partial charge in [-0.15, -0.1) is 11.3 Å². The highest BCUT2D eigenvalue weighted by Crippen LogP contribution is 2.31. The van der Waals surface area contributed by atoms with E-state index in [4.69, 9.17) is 4.74 Å². The zero-order chi connectivity index (χ0) is 22.5. The minimum Gasteiger partial charge on any atom is -0.497 e. The lowest BCUT2D eigenvalue weighted by molar-refractivity contribution is -0.113. The van der Waals surface area contributed by atoms with Gasteiger partial charge in [0.15, 0.2) is 4.34 Å². The van der Waals surface area contributed by atoms with E-state index >= 15 is 0 Å². The third kappa shape index (κ3) is 5.46. The number of amides is 2. The first-order valence-electron chi connectivity index (χ1n) is 9.85. The summed E-state index contributed by atoms with van der Waals surface area (Å²) in [5.74, 6) is 0.700. The fraction of sp³-hybridized carbons (Fsp3) is 0.125. The Hall–Kier alpha value is -3.36. The fourth-order valence-electron chi connectivity index (χ4n) is 3.04. The molecule has 0 aliphatic heterocycles. The van der Waals surface area contributed by atoms with E-state index in [0.717, 1.165) is 25.8 Å². The number of fused-ring (bicyclic) bond motifs is 1. The number of hydrogen-bond acceptors (Lipinski definition) is 6. The second-order valence-corrected chi connectivity index (χ2v) is 9.30. The molecule has 32 heavy (non-hydrogen) atoms. The van der Waals surface area contributed by atoms with Crippen LogP contribution in [0.4, 0.5) is 11.4 Å². The molecule has 1 heterocycles. The first-order chi connectivity index (χ1) is 15.5. The monoisotopic (exact) mass is 463 g/mol. The van der Waals surface area contributed by atoms with Crippen molar-refractivity contribution in [3.63, 3.8) is 0 Å². The van der Waals surface area contributed by atoms with Crippen LogP contribution in [0.1, 0.15) is 15.9 Å². The molecule has 0 aliphatic carbocycles. The highest BCUT2D eigenvalue weighted by atomic mass is 32.2. The van der Waals surface area contributed by atoms with Crippen molar-refractivity contribution in [3.8, 4) is 5.75 Å². The lowest BCUT2D eigenvalue weighted by Crippen LogP contribution is -2.13. The molecule has 162 valence electrons. The summed E-state index contributed by atoms with van der Waals surface area (Å²) in [5, 5.41) is 5.81. The molecule has 1 aromatic heterocycles. The minimum atomic E-state index is -0.195. The lowest BCUT2D eigenvalue weighted by Gasteiger charge is -2.06. The average Bonchev–Trinajstić information content (AvgIpc) is 3.20. The molecule has 0 unspecified atom stereocenters. The summed E-state index contributed by atoms with van der Waals surface area (Å²) < 4.78 is 6.87. The number of carbonyl (C=O) groups excluding carboxylic acids is 2. The molecule has 0 bridgehead atoms. The molecule has 0 atom stereocenters. The summed E-state index contributed by atoms with van der Waals surface area (Å²) >= 11 is 2.89. The van der Waals surface area contributed by atoms with Crippen LogP contribution < -0.4 is 15.4 Å². The van der Waals surface area contributed by atoms with Crippen LogP contribution in [-0.2, 0) is 4.79 Å². The number of aromatic nitrogens is 1. The third-order valence-electron chi connectivity index (χ3n) is 4.61. The van der Waals surface area contributed by atoms with Gasteiger partial charge in [0.2, 0.25) is 5.91 Å². The number of ether oxygens (including phenoxy) is 1. The molecule has 0 saturated heterocycles. The van der Waals surface area contributed by atoms with E-state index in [9.17, 15) is 9.59 Å². The van der Waals surface area contributed by atoms with Crippen molar-refractivity contribution < 1.29 is 14.3 Å². The summed E-state index contributed by atoms with van der Waals surface area (Å²) in [4.78, 5) is 29.3. The predicted molar refractivity (Wildman–Crippen MR) is 131 cm³/mol. The molecule has 4 aromatic rings. The van der Waals surface area contributed by atoms with Crippen LogP contribution in [0.5, 0.6) is 5.75 Å². The van der Waals surface area contributed by atoms with Crippen molar-refractivity contribution in [2.45, 2.75) is 11.3 Å². The fourth-order valence-corrected chi connectivity index (χ4v) is 4.94. The van der Waals surface area contributed by atoms with E-state index in [1.54, 1.807) is 31.4 Å². The Morgan fingerprint density at radius 3 is 2.53 bits per heavy atom. The van der Waals surface area contributed by atoms with Crippen LogP contribution in [0.15, 0.2) is 71.1 Å². The lowest BCUT2D eigenvalue weighted by atomic mass is 10.2. The van der Waals surface area contributed by atoms with E-state index < -0.39 is 0 Å². The van der Waals surface area contributed by atoms with E-state index in [2.05, 4.69) is 15.6 Å². The van der Waals surface area contributed by atoms with Crippen molar-refractivity contribution >= 4 is 56.5 Å². The van der Waals surface area contributed by atoms with Crippen molar-refractivity contribution in [2.75, 3.05) is 23.5 Å². The molecule has 0 fully saturated rings. The normalized spacial score (nSPS) is 10.7. The SMILES string of the molecule is COc1ccc(C(=O)Nc2ccc3nc(SCC(=O)Nc4cccc(C)c4)sc3c2)cc1. The molecule has 0 aliphatic rings. The molecule has 3 aromatic carbocycles. The number of methoxy groups -OCH3 is 1. The van der Waals surface area contributed by atoms with Crippen molar-refractivity contribution in [1.29, 1.82) is 0 Å². The van der Waals surface area contributed by atoms with Crippen molar-refractivity contribution in [3.05, 3.63) is 77.9 Å². The number of thiazole rings is 1. The van der Waals surface area contributed by atoms with Crippen LogP contribution in [0.2, 0.25) is 0 Å². The number of thioether (sulfide) groups is 1. The molecule has 6 nitrogen and oxygen atoms in total. The van der Waals surface area contributed by atoms with Gasteiger partial charge in [-0.3, -0.25) is 9.59 Å². The Labute approximate surface area is 194 Å². The van der Waals surface area contributed by atoms with Crippen LogP contribution in [0.25, 0.3) is 10.2 Å². The Kier molecular flexibility index (Phi) is 6.72. The number of carbonyl (C=O) groups is 2. The van der Waals surface area contributed by atoms with Gasteiger partial charge in [-0.1, -0.05) is 23.9 Å². The second-order valence-electron chi connectivity index (χ2n) is 7.05. The van der Waals surface area contributed by atoms with Gasteiger partial charge >= 0.3 is 0 Å². The van der Waals surface area contributed by atoms with Gasteiger partial charge in [-0.05, 0) is 67.1 Å². The number of rotatable bonds is 7. The first kappa shape index (κ1) is 21.9. The van der Waals surface area contributed by atoms with Gasteiger partial charge in [0.05, 0.1) is 23.1 Å². The number of aryl methyl sites for hydroxylation is 1. The topological polar surface area (TPSA) is 80.3 Å². The van der Waals surface area contributed by atoms with Crippen LogP contribution in [0.3, 0.4) is 0 Å². The highest BCUT2D eigenvalue weighted by Gasteiger charge is 2.11. The highest BCUT2D eigenvalue weighted by molar-refractivity contribution is 8.01. The largest absolute Gasteiger partial charge is 0.497 e. The molecular formula is C24H21N3O3S2. The predicted octanol–water partition coefficient (Wildman–Crippen LogP) is 5.60. The summed E-state index contributed by atoms with van der Waals surface area (Å²) in [7, 11) is 1.59. The Balaban J connectivity index is 1.37. The van der Waals surface area contributed by atoms with Gasteiger partial charge < -0.3 is 15.4 Å². The summed E-state index contributed by atoms with van der Waals surface area (Å²) in [6.45, 7) is 1.99. The van der Waals surface area contributed by atoms with Crippen molar-refractivity contribution in [1.82, 2.24) is 4.98 Å². The Morgan fingerprint density at radius 1 is 1.00 bits per heavy atom. The number of anilines is 2. The van der Waals surface area contributed by atoms with E-state index in [0.29, 0.717) is 17.0 Å². The number of hydrogen-bond donors (Lipinski definition) is 2. The van der Waals surface area contributed by atoms with Gasteiger partial charge in [0.25, 0.3) is 5.91 Å². The van der Waals surface area contributed by atoms with E-state index in [1.165, 1.54) is 23.1 Å². The maximum atomic E-state index is 12.5. The molecule has 4 rings (SSSR count). The van der Waals surface area contributed by atoms with Gasteiger partial charge in [-0.2, -0.15) is 0 Å². The quantitative estimate of drug-likeness (QED) is 0.349. The maximum absolute atomic E-state index is 12.5. The summed E-state index contributed by atoms with van der Waals surface area (Å²) in [6, 6.07) is 20.2. The smallest absolute Gasteiger partial charge is 0.255 e. The summed E-state index contributed by atoms with van der Waals surface area (Å²) in [5.41, 5.74) is 3.95. The molecule has 0 saturated carbocycles. The van der Waals surface area contributed by atoms with Crippen LogP contribution >= 0.6 is 23.1 Å². The molecule has 0 spiro atoms. The molecular weight excluding hydrogens is 442 g/mol. The second kappa shape index (κ2) is 9.84. The maximum Gasteiger partial charge on any atom is 0.255 e. The number of benzene rings is 3. The zero-order valence-corrected chi connectivity index (χ0v) is 19.2. The Bertz CT molecular complexity index is 1270.